The molecule has 14 nitrogen and oxygen atoms in total. The molecule has 1 saturated heterocycles. The first-order valence-corrected chi connectivity index (χ1v) is 15.4. The molecule has 1 unspecified atom stereocenters. The molecule has 0 bridgehead atoms. The number of rotatable bonds is 9. The van der Waals surface area contributed by atoms with Crippen molar-refractivity contribution < 1.29 is 27.5 Å². The van der Waals surface area contributed by atoms with Crippen molar-refractivity contribution in [1.82, 2.24) is 30.0 Å². The molecule has 3 heterocycles. The van der Waals surface area contributed by atoms with Crippen LogP contribution in [0.1, 0.15) is 44.7 Å². The van der Waals surface area contributed by atoms with Crippen molar-refractivity contribution in [2.24, 2.45) is 7.05 Å². The van der Waals surface area contributed by atoms with Crippen LogP contribution in [0.2, 0.25) is 0 Å². The van der Waals surface area contributed by atoms with E-state index in [1.165, 1.54) is 22.0 Å². The van der Waals surface area contributed by atoms with Crippen LogP contribution in [0.15, 0.2) is 41.6 Å². The van der Waals surface area contributed by atoms with Gasteiger partial charge in [-0.25, -0.2) is 22.9 Å². The third-order valence-electron chi connectivity index (χ3n) is 6.69. The highest BCUT2D eigenvalue weighted by Crippen LogP contribution is 2.30. The first-order valence-electron chi connectivity index (χ1n) is 13.9. The fraction of sp³-hybridized carbons (Fsp3) is 0.448. The van der Waals surface area contributed by atoms with Gasteiger partial charge in [-0.05, 0) is 45.7 Å². The molecule has 0 radical (unpaired) electrons. The van der Waals surface area contributed by atoms with E-state index >= 15 is 0 Å². The van der Waals surface area contributed by atoms with E-state index in [0.717, 1.165) is 16.7 Å². The van der Waals surface area contributed by atoms with E-state index in [4.69, 9.17) is 9.47 Å². The maximum Gasteiger partial charge on any atom is 0.408 e. The topological polar surface area (TPSA) is 181 Å². The summed E-state index contributed by atoms with van der Waals surface area (Å²) in [5.41, 5.74) is 2.34. The standard InChI is InChI=1S/C29H36N8O6S/c1-18-8-7-9-19(2)25(18)23-14-24(34-27(32-23)35-44(40,41)21-15-31-36(6)17-21)42-20-11-13-37(16-20)26(38)22(10-12-30)33-28(39)43-29(3,4)5/h7-9,14-15,17,20,22H,10-11,13,16H2,1-6H3,(H,33,39)(H,32,34,35)/t20?,22-/m1/s1. The molecule has 1 fully saturated rings. The Balaban J connectivity index is 1.56. The Morgan fingerprint density at radius 2 is 1.91 bits per heavy atom. The third-order valence-corrected chi connectivity index (χ3v) is 7.97. The third kappa shape index (κ3) is 8.01. The number of sulfonamides is 1. The van der Waals surface area contributed by atoms with Crippen molar-refractivity contribution in [2.75, 3.05) is 17.8 Å². The molecule has 15 heteroatoms. The molecule has 0 spiro atoms. The quantitative estimate of drug-likeness (QED) is 0.359. The van der Waals surface area contributed by atoms with Crippen molar-refractivity contribution in [2.45, 2.75) is 70.1 Å². The van der Waals surface area contributed by atoms with Gasteiger partial charge < -0.3 is 19.7 Å². The first-order chi connectivity index (χ1) is 20.6. The molecule has 2 amide bonds. The predicted molar refractivity (Wildman–Crippen MR) is 160 cm³/mol. The number of nitriles is 1. The SMILES string of the molecule is Cc1cccc(C)c1-c1cc(OC2CCN(C(=O)[C@@H](CC#N)NC(=O)OC(C)(C)C)C2)nc(NS(=O)(=O)c2cnn(C)c2)n1. The number of benzene rings is 1. The summed E-state index contributed by atoms with van der Waals surface area (Å²) in [6.07, 6.45) is 1.50. The minimum Gasteiger partial charge on any atom is -0.472 e. The summed E-state index contributed by atoms with van der Waals surface area (Å²) in [6.45, 7) is 9.42. The molecule has 234 valence electrons. The normalized spacial score (nSPS) is 15.8. The van der Waals surface area contributed by atoms with Crippen LogP contribution in [-0.2, 0) is 26.6 Å². The average molecular weight is 625 g/mol. The molecular weight excluding hydrogens is 588 g/mol. The van der Waals surface area contributed by atoms with Gasteiger partial charge >= 0.3 is 6.09 Å². The lowest BCUT2D eigenvalue weighted by Crippen LogP contribution is -2.49. The number of carbonyl (C=O) groups is 2. The summed E-state index contributed by atoms with van der Waals surface area (Å²) in [7, 11) is -2.44. The number of carbonyl (C=O) groups excluding carboxylic acids is 2. The number of nitrogens with zero attached hydrogens (tertiary/aromatic N) is 6. The summed E-state index contributed by atoms with van der Waals surface area (Å²) < 4.78 is 41.3. The van der Waals surface area contributed by atoms with Crippen molar-refractivity contribution in [3.63, 3.8) is 0 Å². The number of hydrogen-bond donors (Lipinski definition) is 2. The number of aryl methyl sites for hydroxylation is 3. The van der Waals surface area contributed by atoms with E-state index in [0.29, 0.717) is 18.7 Å². The number of amides is 2. The molecule has 1 aliphatic heterocycles. The van der Waals surface area contributed by atoms with Crippen LogP contribution >= 0.6 is 0 Å². The highest BCUT2D eigenvalue weighted by molar-refractivity contribution is 7.92. The molecule has 2 aromatic heterocycles. The first kappa shape index (κ1) is 32.2. The van der Waals surface area contributed by atoms with E-state index in [1.807, 2.05) is 38.1 Å². The molecule has 2 N–H and O–H groups in total. The van der Waals surface area contributed by atoms with Crippen molar-refractivity contribution in [1.29, 1.82) is 5.26 Å². The average Bonchev–Trinajstić information content (AvgIpc) is 3.56. The Morgan fingerprint density at radius 1 is 1.20 bits per heavy atom. The molecule has 0 saturated carbocycles. The lowest BCUT2D eigenvalue weighted by atomic mass is 10.00. The van der Waals surface area contributed by atoms with E-state index in [1.54, 1.807) is 33.9 Å². The zero-order valence-electron chi connectivity index (χ0n) is 25.5. The van der Waals surface area contributed by atoms with Crippen LogP contribution in [0.25, 0.3) is 11.3 Å². The smallest absolute Gasteiger partial charge is 0.408 e. The molecule has 2 atom stereocenters. The van der Waals surface area contributed by atoms with Gasteiger partial charge in [-0.15, -0.1) is 0 Å². The van der Waals surface area contributed by atoms with Crippen LogP contribution in [0.3, 0.4) is 0 Å². The molecule has 0 aliphatic carbocycles. The lowest BCUT2D eigenvalue weighted by molar-refractivity contribution is -0.132. The Kier molecular flexibility index (Phi) is 9.43. The maximum atomic E-state index is 13.2. The van der Waals surface area contributed by atoms with Gasteiger partial charge in [0.2, 0.25) is 17.7 Å². The van der Waals surface area contributed by atoms with Crippen LogP contribution < -0.4 is 14.8 Å². The monoisotopic (exact) mass is 624 g/mol. The minimum absolute atomic E-state index is 0.0552. The molecule has 1 aromatic carbocycles. The van der Waals surface area contributed by atoms with Gasteiger partial charge in [0.15, 0.2) is 0 Å². The van der Waals surface area contributed by atoms with Gasteiger partial charge in [-0.2, -0.15) is 15.3 Å². The number of ether oxygens (including phenoxy) is 2. The van der Waals surface area contributed by atoms with Gasteiger partial charge in [0, 0.05) is 37.8 Å². The highest BCUT2D eigenvalue weighted by Gasteiger charge is 2.34. The van der Waals surface area contributed by atoms with E-state index in [9.17, 15) is 23.3 Å². The summed E-state index contributed by atoms with van der Waals surface area (Å²) in [5.74, 6) is -0.515. The summed E-state index contributed by atoms with van der Waals surface area (Å²) in [6, 6.07) is 8.24. The minimum atomic E-state index is -4.05. The summed E-state index contributed by atoms with van der Waals surface area (Å²) >= 11 is 0. The Bertz CT molecular complexity index is 1670. The maximum absolute atomic E-state index is 13.2. The number of nitrogens with one attached hydrogen (secondary N) is 2. The van der Waals surface area contributed by atoms with Crippen molar-refractivity contribution in [3.8, 4) is 23.2 Å². The zero-order chi connectivity index (χ0) is 32.2. The summed E-state index contributed by atoms with van der Waals surface area (Å²) in [4.78, 5) is 35.8. The van der Waals surface area contributed by atoms with E-state index < -0.39 is 39.8 Å². The second-order valence-corrected chi connectivity index (χ2v) is 13.2. The van der Waals surface area contributed by atoms with Gasteiger partial charge in [-0.3, -0.25) is 9.48 Å². The number of aromatic nitrogens is 4. The van der Waals surface area contributed by atoms with Gasteiger partial charge in [0.05, 0.1) is 30.9 Å². The molecular formula is C29H36N8O6S. The van der Waals surface area contributed by atoms with Crippen LogP contribution in [0, 0.1) is 25.2 Å². The molecule has 3 aromatic rings. The Morgan fingerprint density at radius 3 is 2.52 bits per heavy atom. The lowest BCUT2D eigenvalue weighted by Gasteiger charge is -2.25. The van der Waals surface area contributed by atoms with Crippen LogP contribution in [-0.4, -0.2) is 75.9 Å². The highest BCUT2D eigenvalue weighted by atomic mass is 32.2. The largest absolute Gasteiger partial charge is 0.472 e. The fourth-order valence-electron chi connectivity index (χ4n) is 4.75. The summed E-state index contributed by atoms with van der Waals surface area (Å²) in [5, 5.41) is 15.7. The van der Waals surface area contributed by atoms with Gasteiger partial charge in [0.1, 0.15) is 22.6 Å². The van der Waals surface area contributed by atoms with Crippen LogP contribution in [0.5, 0.6) is 5.88 Å². The van der Waals surface area contributed by atoms with Gasteiger partial charge in [0.25, 0.3) is 10.0 Å². The Hall–Kier alpha value is -4.71. The molecule has 1 aliphatic rings. The van der Waals surface area contributed by atoms with Crippen molar-refractivity contribution in [3.05, 3.63) is 47.8 Å². The van der Waals surface area contributed by atoms with E-state index in [2.05, 4.69) is 25.1 Å². The zero-order valence-corrected chi connectivity index (χ0v) is 26.3. The molecule has 4 rings (SSSR count). The molecule has 44 heavy (non-hydrogen) atoms. The van der Waals surface area contributed by atoms with E-state index in [-0.39, 0.29) is 29.7 Å². The number of alkyl carbamates (subject to hydrolysis) is 1. The van der Waals surface area contributed by atoms with Gasteiger partial charge in [-0.1, -0.05) is 18.2 Å². The fourth-order valence-corrected chi connectivity index (χ4v) is 5.68. The van der Waals surface area contributed by atoms with Crippen molar-refractivity contribution >= 4 is 28.0 Å². The number of hydrogen-bond acceptors (Lipinski definition) is 10. The number of anilines is 1. The predicted octanol–water partition coefficient (Wildman–Crippen LogP) is 3.08. The Labute approximate surface area is 256 Å². The van der Waals surface area contributed by atoms with Crippen LogP contribution in [0.4, 0.5) is 10.7 Å². The second-order valence-electron chi connectivity index (χ2n) is 11.5. The number of likely N-dealkylation sites (tertiary alicyclic amines) is 1. The second kappa shape index (κ2) is 12.9.